The Hall–Kier alpha value is -1.40. The van der Waals surface area contributed by atoms with E-state index in [9.17, 15) is 4.79 Å². The molecule has 0 spiro atoms. The average molecular weight is 335 g/mol. The van der Waals surface area contributed by atoms with Crippen molar-refractivity contribution >= 4 is 5.91 Å². The maximum atomic E-state index is 12.5. The molecule has 0 aliphatic carbocycles. The van der Waals surface area contributed by atoms with Crippen molar-refractivity contribution in [1.29, 1.82) is 0 Å². The molecule has 24 heavy (non-hydrogen) atoms. The molecular weight excluding hydrogens is 306 g/mol. The van der Waals surface area contributed by atoms with Gasteiger partial charge in [-0.15, -0.1) is 0 Å². The van der Waals surface area contributed by atoms with Crippen LogP contribution >= 0.6 is 0 Å². The summed E-state index contributed by atoms with van der Waals surface area (Å²) in [6.45, 7) is 10.1. The second-order valence-corrected chi connectivity index (χ2v) is 7.46. The van der Waals surface area contributed by atoms with Crippen LogP contribution in [0.5, 0.6) is 0 Å². The van der Waals surface area contributed by atoms with E-state index in [4.69, 9.17) is 9.15 Å². The summed E-state index contributed by atoms with van der Waals surface area (Å²) >= 11 is 0. The fourth-order valence-electron chi connectivity index (χ4n) is 3.76. The normalized spacial score (nSPS) is 28.4. The van der Waals surface area contributed by atoms with Crippen molar-refractivity contribution in [3.05, 3.63) is 17.8 Å². The Morgan fingerprint density at radius 1 is 1.46 bits per heavy atom. The lowest BCUT2D eigenvalue weighted by atomic mass is 9.93. The third-order valence-electron chi connectivity index (χ3n) is 5.13. The van der Waals surface area contributed by atoms with Crippen molar-refractivity contribution in [3.8, 4) is 0 Å². The van der Waals surface area contributed by atoms with Crippen LogP contribution in [0, 0.1) is 5.92 Å². The fraction of sp³-hybridized carbons (Fsp3) is 0.778. The van der Waals surface area contributed by atoms with Gasteiger partial charge in [-0.2, -0.15) is 0 Å². The highest BCUT2D eigenvalue weighted by Crippen LogP contribution is 2.22. The first-order chi connectivity index (χ1) is 11.5. The van der Waals surface area contributed by atoms with Crippen LogP contribution in [0.4, 0.5) is 0 Å². The van der Waals surface area contributed by atoms with Gasteiger partial charge in [0, 0.05) is 38.2 Å². The molecule has 134 valence electrons. The van der Waals surface area contributed by atoms with E-state index in [0.717, 1.165) is 32.7 Å². The van der Waals surface area contributed by atoms with E-state index in [1.807, 2.05) is 13.8 Å². The van der Waals surface area contributed by atoms with Gasteiger partial charge in [-0.25, -0.2) is 4.98 Å². The summed E-state index contributed by atoms with van der Waals surface area (Å²) in [5.74, 6) is 1.12. The van der Waals surface area contributed by atoms with Crippen molar-refractivity contribution in [2.75, 3.05) is 26.2 Å². The molecule has 1 aromatic heterocycles. The van der Waals surface area contributed by atoms with Gasteiger partial charge < -0.3 is 19.4 Å². The molecule has 0 bridgehead atoms. The Morgan fingerprint density at radius 3 is 2.96 bits per heavy atom. The van der Waals surface area contributed by atoms with Crippen LogP contribution in [0.1, 0.15) is 62.2 Å². The summed E-state index contributed by atoms with van der Waals surface area (Å²) in [4.78, 5) is 19.1. The predicted octanol–water partition coefficient (Wildman–Crippen LogP) is 2.42. The monoisotopic (exact) mass is 335 g/mol. The van der Waals surface area contributed by atoms with E-state index in [0.29, 0.717) is 23.5 Å². The number of rotatable bonds is 5. The number of carbonyl (C=O) groups excluding carboxylic acids is 1. The lowest BCUT2D eigenvalue weighted by Crippen LogP contribution is -2.51. The standard InChI is InChI=1S/C18H29N3O3/c1-12(2)17-16(19-11-24-17)18(22)20-15-6-7-21(9-13(15)3)10-14-5-4-8-23-14/h11-15H,4-10H2,1-3H3,(H,20,22)/t13-,14-,15+/m0/s1. The second-order valence-electron chi connectivity index (χ2n) is 7.46. The summed E-state index contributed by atoms with van der Waals surface area (Å²) in [5.41, 5.74) is 0.430. The van der Waals surface area contributed by atoms with E-state index >= 15 is 0 Å². The summed E-state index contributed by atoms with van der Waals surface area (Å²) < 4.78 is 11.1. The number of hydrogen-bond donors (Lipinski definition) is 1. The Morgan fingerprint density at radius 2 is 2.29 bits per heavy atom. The summed E-state index contributed by atoms with van der Waals surface area (Å²) in [5, 5.41) is 3.16. The number of nitrogens with one attached hydrogen (secondary N) is 1. The molecule has 2 aliphatic rings. The molecule has 0 radical (unpaired) electrons. The number of piperidine rings is 1. The molecule has 1 N–H and O–H groups in total. The van der Waals surface area contributed by atoms with E-state index < -0.39 is 0 Å². The number of hydrogen-bond acceptors (Lipinski definition) is 5. The molecule has 0 aromatic carbocycles. The highest BCUT2D eigenvalue weighted by Gasteiger charge is 2.30. The van der Waals surface area contributed by atoms with Gasteiger partial charge >= 0.3 is 0 Å². The number of oxazole rings is 1. The van der Waals surface area contributed by atoms with E-state index in [-0.39, 0.29) is 17.9 Å². The Bertz CT molecular complexity index is 551. The van der Waals surface area contributed by atoms with Crippen LogP contribution in [-0.4, -0.2) is 54.2 Å². The Balaban J connectivity index is 1.52. The van der Waals surface area contributed by atoms with E-state index in [1.54, 1.807) is 0 Å². The molecule has 6 nitrogen and oxygen atoms in total. The van der Waals surface area contributed by atoms with Crippen molar-refractivity contribution in [2.45, 2.75) is 58.1 Å². The van der Waals surface area contributed by atoms with Crippen LogP contribution in [0.25, 0.3) is 0 Å². The zero-order valence-corrected chi connectivity index (χ0v) is 15.0. The number of likely N-dealkylation sites (tertiary alicyclic amines) is 1. The molecule has 3 rings (SSSR count). The molecule has 0 saturated carbocycles. The van der Waals surface area contributed by atoms with Crippen LogP contribution in [-0.2, 0) is 4.74 Å². The Labute approximate surface area is 143 Å². The molecule has 2 fully saturated rings. The minimum Gasteiger partial charge on any atom is -0.447 e. The molecule has 3 heterocycles. The molecule has 2 aliphatic heterocycles. The van der Waals surface area contributed by atoms with Gasteiger partial charge in [0.2, 0.25) is 0 Å². The minimum absolute atomic E-state index is 0.114. The lowest BCUT2D eigenvalue weighted by molar-refractivity contribution is 0.0497. The van der Waals surface area contributed by atoms with Crippen LogP contribution < -0.4 is 5.32 Å². The zero-order valence-electron chi connectivity index (χ0n) is 15.0. The SMILES string of the molecule is CC(C)c1ocnc1C(=O)N[C@@H]1CCN(C[C@@H]2CCCO2)C[C@@H]1C. The van der Waals surface area contributed by atoms with E-state index in [1.165, 1.54) is 19.2 Å². The van der Waals surface area contributed by atoms with Gasteiger partial charge in [0.05, 0.1) is 6.10 Å². The van der Waals surface area contributed by atoms with Crippen molar-refractivity contribution < 1.29 is 13.9 Å². The number of amides is 1. The maximum Gasteiger partial charge on any atom is 0.273 e. The first kappa shape index (κ1) is 17.4. The van der Waals surface area contributed by atoms with Crippen molar-refractivity contribution in [3.63, 3.8) is 0 Å². The molecule has 1 amide bonds. The predicted molar refractivity (Wildman–Crippen MR) is 91.0 cm³/mol. The molecule has 0 unspecified atom stereocenters. The molecule has 2 saturated heterocycles. The first-order valence-corrected chi connectivity index (χ1v) is 9.12. The highest BCUT2D eigenvalue weighted by molar-refractivity contribution is 5.93. The van der Waals surface area contributed by atoms with Gasteiger partial charge in [0.15, 0.2) is 12.1 Å². The Kier molecular flexibility index (Phi) is 5.56. The van der Waals surface area contributed by atoms with Gasteiger partial charge in [-0.1, -0.05) is 20.8 Å². The molecular formula is C18H29N3O3. The first-order valence-electron chi connectivity index (χ1n) is 9.12. The average Bonchev–Trinajstić information content (AvgIpc) is 3.21. The van der Waals surface area contributed by atoms with Crippen LogP contribution in [0.3, 0.4) is 0 Å². The van der Waals surface area contributed by atoms with E-state index in [2.05, 4.69) is 22.1 Å². The smallest absolute Gasteiger partial charge is 0.273 e. The topological polar surface area (TPSA) is 67.6 Å². The molecule has 6 heteroatoms. The summed E-state index contributed by atoms with van der Waals surface area (Å²) in [7, 11) is 0. The lowest BCUT2D eigenvalue weighted by Gasteiger charge is -2.38. The minimum atomic E-state index is -0.114. The van der Waals surface area contributed by atoms with Crippen LogP contribution in [0.2, 0.25) is 0 Å². The summed E-state index contributed by atoms with van der Waals surface area (Å²) in [6.07, 6.45) is 5.08. The number of aromatic nitrogens is 1. The third kappa shape index (κ3) is 3.98. The van der Waals surface area contributed by atoms with Gasteiger partial charge in [-0.3, -0.25) is 4.79 Å². The van der Waals surface area contributed by atoms with Gasteiger partial charge in [0.25, 0.3) is 5.91 Å². The van der Waals surface area contributed by atoms with Gasteiger partial charge in [0.1, 0.15) is 5.76 Å². The molecule has 3 atom stereocenters. The van der Waals surface area contributed by atoms with Crippen molar-refractivity contribution in [1.82, 2.24) is 15.2 Å². The van der Waals surface area contributed by atoms with Gasteiger partial charge in [-0.05, 0) is 25.2 Å². The maximum absolute atomic E-state index is 12.5. The quantitative estimate of drug-likeness (QED) is 0.895. The number of ether oxygens (including phenoxy) is 1. The molecule has 1 aromatic rings. The third-order valence-corrected chi connectivity index (χ3v) is 5.13. The highest BCUT2D eigenvalue weighted by atomic mass is 16.5. The number of nitrogens with zero attached hydrogens (tertiary/aromatic N) is 2. The summed E-state index contributed by atoms with van der Waals surface area (Å²) in [6, 6.07) is 0.190. The zero-order chi connectivity index (χ0) is 17.1. The van der Waals surface area contributed by atoms with Crippen molar-refractivity contribution in [2.24, 2.45) is 5.92 Å². The largest absolute Gasteiger partial charge is 0.447 e. The van der Waals surface area contributed by atoms with Crippen LogP contribution in [0.15, 0.2) is 10.8 Å². The number of carbonyl (C=O) groups is 1. The fourth-order valence-corrected chi connectivity index (χ4v) is 3.76. The second kappa shape index (κ2) is 7.66.